The molecule has 114 valence electrons. The van der Waals surface area contributed by atoms with Gasteiger partial charge in [-0.2, -0.15) is 0 Å². The molecule has 1 aromatic rings. The van der Waals surface area contributed by atoms with E-state index < -0.39 is 0 Å². The fraction of sp³-hybridized carbons (Fsp3) is 0.684. The summed E-state index contributed by atoms with van der Waals surface area (Å²) in [7, 11) is 0. The summed E-state index contributed by atoms with van der Waals surface area (Å²) in [6.07, 6.45) is 6.36. The molecule has 3 unspecified atom stereocenters. The smallest absolute Gasteiger partial charge is 0.0138 e. The molecule has 0 aliphatic rings. The van der Waals surface area contributed by atoms with Crippen molar-refractivity contribution in [2.24, 2.45) is 5.92 Å². The first-order chi connectivity index (χ1) is 9.74. The lowest BCUT2D eigenvalue weighted by molar-refractivity contribution is 0.315. The van der Waals surface area contributed by atoms with E-state index in [0.29, 0.717) is 12.0 Å². The van der Waals surface area contributed by atoms with Gasteiger partial charge in [0.15, 0.2) is 0 Å². The molecule has 0 fully saturated rings. The zero-order valence-electron chi connectivity index (χ0n) is 13.9. The molecular weight excluding hydrogens is 242 g/mol. The Kier molecular flexibility index (Phi) is 8.60. The minimum absolute atomic E-state index is 0.618. The van der Waals surface area contributed by atoms with Crippen molar-refractivity contribution in [2.75, 3.05) is 6.54 Å². The van der Waals surface area contributed by atoms with Crippen LogP contribution < -0.4 is 5.32 Å². The molecule has 0 amide bonds. The maximum absolute atomic E-state index is 3.82. The Morgan fingerprint density at radius 1 is 1.00 bits per heavy atom. The minimum atomic E-state index is 0.618. The van der Waals surface area contributed by atoms with E-state index in [9.17, 15) is 0 Å². The van der Waals surface area contributed by atoms with Crippen LogP contribution in [-0.4, -0.2) is 12.6 Å². The molecular formula is C19H33N. The fourth-order valence-electron chi connectivity index (χ4n) is 3.05. The molecule has 1 rings (SSSR count). The van der Waals surface area contributed by atoms with Gasteiger partial charge in [0, 0.05) is 12.0 Å². The predicted molar refractivity (Wildman–Crippen MR) is 90.2 cm³/mol. The lowest BCUT2D eigenvalue weighted by atomic mass is 9.78. The molecule has 1 nitrogen and oxygen atoms in total. The Morgan fingerprint density at radius 2 is 1.70 bits per heavy atom. The van der Waals surface area contributed by atoms with Crippen molar-refractivity contribution in [3.05, 3.63) is 35.9 Å². The summed E-state index contributed by atoms with van der Waals surface area (Å²) < 4.78 is 0. The maximum atomic E-state index is 3.82. The summed E-state index contributed by atoms with van der Waals surface area (Å²) in [6.45, 7) is 10.4. The highest BCUT2D eigenvalue weighted by molar-refractivity contribution is 5.22. The second kappa shape index (κ2) is 9.99. The van der Waals surface area contributed by atoms with Gasteiger partial charge in [-0.05, 0) is 30.9 Å². The van der Waals surface area contributed by atoms with E-state index in [1.807, 2.05) is 0 Å². The van der Waals surface area contributed by atoms with Gasteiger partial charge in [-0.25, -0.2) is 0 Å². The molecule has 1 heteroatoms. The van der Waals surface area contributed by atoms with Crippen LogP contribution in [0, 0.1) is 5.92 Å². The van der Waals surface area contributed by atoms with Gasteiger partial charge < -0.3 is 5.32 Å². The van der Waals surface area contributed by atoms with Gasteiger partial charge in [-0.15, -0.1) is 0 Å². The fourth-order valence-corrected chi connectivity index (χ4v) is 3.05. The van der Waals surface area contributed by atoms with E-state index >= 15 is 0 Å². The molecule has 0 aromatic heterocycles. The molecule has 1 aromatic carbocycles. The molecule has 0 bridgehead atoms. The highest BCUT2D eigenvalue weighted by Gasteiger charge is 2.26. The Morgan fingerprint density at radius 3 is 2.25 bits per heavy atom. The van der Waals surface area contributed by atoms with Gasteiger partial charge in [0.05, 0.1) is 0 Å². The van der Waals surface area contributed by atoms with Gasteiger partial charge in [0.1, 0.15) is 0 Å². The molecule has 0 spiro atoms. The summed E-state index contributed by atoms with van der Waals surface area (Å²) >= 11 is 0. The van der Waals surface area contributed by atoms with Crippen LogP contribution in [0.3, 0.4) is 0 Å². The number of rotatable bonds is 10. The van der Waals surface area contributed by atoms with Crippen molar-refractivity contribution in [1.29, 1.82) is 0 Å². The molecule has 3 atom stereocenters. The summed E-state index contributed by atoms with van der Waals surface area (Å²) in [5.41, 5.74) is 1.51. The van der Waals surface area contributed by atoms with Crippen LogP contribution in [0.25, 0.3) is 0 Å². The quantitative estimate of drug-likeness (QED) is 0.605. The molecule has 0 aliphatic carbocycles. The van der Waals surface area contributed by atoms with Crippen LogP contribution >= 0.6 is 0 Å². The molecule has 0 saturated heterocycles. The van der Waals surface area contributed by atoms with E-state index in [1.54, 1.807) is 0 Å². The summed E-state index contributed by atoms with van der Waals surface area (Å²) in [4.78, 5) is 0. The van der Waals surface area contributed by atoms with E-state index in [4.69, 9.17) is 0 Å². The van der Waals surface area contributed by atoms with Gasteiger partial charge >= 0.3 is 0 Å². The highest BCUT2D eigenvalue weighted by Crippen LogP contribution is 2.32. The van der Waals surface area contributed by atoms with Crippen molar-refractivity contribution in [3.63, 3.8) is 0 Å². The molecule has 0 heterocycles. The highest BCUT2D eigenvalue weighted by atomic mass is 14.9. The zero-order chi connectivity index (χ0) is 14.8. The van der Waals surface area contributed by atoms with Crippen LogP contribution in [-0.2, 0) is 0 Å². The lowest BCUT2D eigenvalue weighted by Crippen LogP contribution is -2.38. The standard InChI is InChI=1S/C19H33N/c1-5-8-14-18(20-15-6-2)19(16(4)7-3)17-12-10-9-11-13-17/h9-13,16,18-20H,5-8,14-15H2,1-4H3. The molecule has 1 N–H and O–H groups in total. The monoisotopic (exact) mass is 275 g/mol. The minimum Gasteiger partial charge on any atom is -0.313 e. The second-order valence-electron chi connectivity index (χ2n) is 6.02. The van der Waals surface area contributed by atoms with E-state index in [2.05, 4.69) is 63.3 Å². The van der Waals surface area contributed by atoms with Gasteiger partial charge in [0.25, 0.3) is 0 Å². The van der Waals surface area contributed by atoms with Crippen molar-refractivity contribution in [2.45, 2.75) is 71.8 Å². The number of benzene rings is 1. The van der Waals surface area contributed by atoms with Crippen LogP contribution in [0.5, 0.6) is 0 Å². The Bertz CT molecular complexity index is 325. The molecule has 20 heavy (non-hydrogen) atoms. The van der Waals surface area contributed by atoms with Crippen molar-refractivity contribution >= 4 is 0 Å². The predicted octanol–water partition coefficient (Wildman–Crippen LogP) is 5.37. The van der Waals surface area contributed by atoms with Gasteiger partial charge in [-0.3, -0.25) is 0 Å². The zero-order valence-corrected chi connectivity index (χ0v) is 13.9. The number of unbranched alkanes of at least 4 members (excludes halogenated alkanes) is 1. The first kappa shape index (κ1) is 17.2. The van der Waals surface area contributed by atoms with Gasteiger partial charge in [-0.1, -0.05) is 77.3 Å². The van der Waals surface area contributed by atoms with Crippen LogP contribution in [0.15, 0.2) is 30.3 Å². The van der Waals surface area contributed by atoms with Crippen molar-refractivity contribution < 1.29 is 0 Å². The average Bonchev–Trinajstić information content (AvgIpc) is 2.50. The third-order valence-electron chi connectivity index (χ3n) is 4.40. The normalized spacial score (nSPS) is 15.8. The maximum Gasteiger partial charge on any atom is 0.0138 e. The third-order valence-corrected chi connectivity index (χ3v) is 4.40. The molecule has 0 saturated carbocycles. The van der Waals surface area contributed by atoms with Crippen LogP contribution in [0.2, 0.25) is 0 Å². The summed E-state index contributed by atoms with van der Waals surface area (Å²) in [5, 5.41) is 3.82. The van der Waals surface area contributed by atoms with Crippen LogP contribution in [0.4, 0.5) is 0 Å². The Hall–Kier alpha value is -0.820. The molecule has 0 radical (unpaired) electrons. The molecule has 0 aliphatic heterocycles. The number of nitrogens with one attached hydrogen (secondary N) is 1. The van der Waals surface area contributed by atoms with Crippen molar-refractivity contribution in [1.82, 2.24) is 5.32 Å². The number of hydrogen-bond acceptors (Lipinski definition) is 1. The van der Waals surface area contributed by atoms with E-state index in [1.165, 1.54) is 37.7 Å². The van der Waals surface area contributed by atoms with Crippen LogP contribution in [0.1, 0.15) is 71.3 Å². The SMILES string of the molecule is CCCCC(NCCC)C(c1ccccc1)C(C)CC. The Balaban J connectivity index is 2.91. The summed E-state index contributed by atoms with van der Waals surface area (Å²) in [5.74, 6) is 1.36. The first-order valence-electron chi connectivity index (χ1n) is 8.52. The second-order valence-corrected chi connectivity index (χ2v) is 6.02. The average molecular weight is 275 g/mol. The third kappa shape index (κ3) is 5.28. The topological polar surface area (TPSA) is 12.0 Å². The number of hydrogen-bond donors (Lipinski definition) is 1. The lowest BCUT2D eigenvalue weighted by Gasteiger charge is -2.33. The van der Waals surface area contributed by atoms with Gasteiger partial charge in [0.2, 0.25) is 0 Å². The van der Waals surface area contributed by atoms with E-state index in [-0.39, 0.29) is 0 Å². The summed E-state index contributed by atoms with van der Waals surface area (Å²) in [6, 6.07) is 11.7. The van der Waals surface area contributed by atoms with Crippen molar-refractivity contribution in [3.8, 4) is 0 Å². The Labute approximate surface area is 126 Å². The van der Waals surface area contributed by atoms with E-state index in [0.717, 1.165) is 12.5 Å². The first-order valence-corrected chi connectivity index (χ1v) is 8.52. The largest absolute Gasteiger partial charge is 0.313 e.